The Morgan fingerprint density at radius 3 is 2.20 bits per heavy atom. The molecule has 0 saturated carbocycles. The number of rotatable bonds is 4. The summed E-state index contributed by atoms with van der Waals surface area (Å²) < 4.78 is 6.27. The van der Waals surface area contributed by atoms with Crippen molar-refractivity contribution in [1.29, 1.82) is 0 Å². The molecule has 10 heavy (non-hydrogen) atoms. The zero-order valence-corrected chi connectivity index (χ0v) is 9.86. The number of halogens is 1. The SMILES string of the molecule is CCO[Si](C)(C)C(Br)CC. The molecule has 0 aliphatic heterocycles. The van der Waals surface area contributed by atoms with Crippen molar-refractivity contribution < 1.29 is 4.43 Å². The Morgan fingerprint density at radius 2 is 1.90 bits per heavy atom. The second kappa shape index (κ2) is 4.52. The van der Waals surface area contributed by atoms with Crippen molar-refractivity contribution in [3.05, 3.63) is 0 Å². The van der Waals surface area contributed by atoms with Gasteiger partial charge in [-0.2, -0.15) is 0 Å². The molecule has 62 valence electrons. The zero-order valence-electron chi connectivity index (χ0n) is 7.28. The molecule has 0 aromatic heterocycles. The lowest BCUT2D eigenvalue weighted by Crippen LogP contribution is -2.40. The summed E-state index contributed by atoms with van der Waals surface area (Å²) in [6, 6.07) is 0. The third-order valence-electron chi connectivity index (χ3n) is 1.63. The van der Waals surface area contributed by atoms with E-state index in [9.17, 15) is 0 Å². The maximum absolute atomic E-state index is 5.67. The lowest BCUT2D eigenvalue weighted by molar-refractivity contribution is 0.327. The van der Waals surface area contributed by atoms with Crippen molar-refractivity contribution in [1.82, 2.24) is 0 Å². The maximum Gasteiger partial charge on any atom is 0.200 e. The molecule has 0 rings (SSSR count). The molecule has 0 N–H and O–H groups in total. The highest BCUT2D eigenvalue weighted by atomic mass is 79.9. The van der Waals surface area contributed by atoms with E-state index in [0.717, 1.165) is 6.61 Å². The van der Waals surface area contributed by atoms with Crippen LogP contribution in [-0.2, 0) is 4.43 Å². The van der Waals surface area contributed by atoms with Crippen LogP contribution in [0.5, 0.6) is 0 Å². The molecule has 1 nitrogen and oxygen atoms in total. The first kappa shape index (κ1) is 10.7. The standard InChI is InChI=1S/C7H17BrOSi/c1-5-7(8)10(3,4)9-6-2/h7H,5-6H2,1-4H3. The Kier molecular flexibility index (Phi) is 4.81. The van der Waals surface area contributed by atoms with Gasteiger partial charge in [-0.3, -0.25) is 0 Å². The van der Waals surface area contributed by atoms with Gasteiger partial charge in [0.05, 0.1) is 0 Å². The Morgan fingerprint density at radius 1 is 1.40 bits per heavy atom. The topological polar surface area (TPSA) is 9.23 Å². The summed E-state index contributed by atoms with van der Waals surface area (Å²) in [6.45, 7) is 9.59. The van der Waals surface area contributed by atoms with E-state index in [1.807, 2.05) is 0 Å². The molecular formula is C7H17BrOSi. The van der Waals surface area contributed by atoms with Gasteiger partial charge in [-0.15, -0.1) is 0 Å². The first-order valence-corrected chi connectivity index (χ1v) is 7.72. The molecule has 0 radical (unpaired) electrons. The first-order valence-electron chi connectivity index (χ1n) is 3.82. The maximum atomic E-state index is 5.67. The molecule has 1 atom stereocenters. The number of hydrogen-bond donors (Lipinski definition) is 0. The third kappa shape index (κ3) is 3.17. The van der Waals surface area contributed by atoms with E-state index in [-0.39, 0.29) is 0 Å². The van der Waals surface area contributed by atoms with E-state index >= 15 is 0 Å². The molecule has 0 aromatic carbocycles. The average molecular weight is 225 g/mol. The summed E-state index contributed by atoms with van der Waals surface area (Å²) in [6.07, 6.45) is 1.17. The van der Waals surface area contributed by atoms with Gasteiger partial charge in [0.1, 0.15) is 0 Å². The van der Waals surface area contributed by atoms with Crippen LogP contribution >= 0.6 is 15.9 Å². The summed E-state index contributed by atoms with van der Waals surface area (Å²) in [5.74, 6) is 0. The van der Waals surface area contributed by atoms with Crippen LogP contribution in [-0.4, -0.2) is 19.4 Å². The van der Waals surface area contributed by atoms with Gasteiger partial charge in [0.25, 0.3) is 0 Å². The molecule has 0 heterocycles. The Bertz CT molecular complexity index is 95.6. The van der Waals surface area contributed by atoms with E-state index < -0.39 is 8.32 Å². The number of alkyl halides is 1. The van der Waals surface area contributed by atoms with Crippen LogP contribution in [0.15, 0.2) is 0 Å². The van der Waals surface area contributed by atoms with Crippen molar-refractivity contribution in [2.75, 3.05) is 6.61 Å². The van der Waals surface area contributed by atoms with Crippen LogP contribution in [0.25, 0.3) is 0 Å². The second-order valence-corrected chi connectivity index (χ2v) is 9.06. The minimum absolute atomic E-state index is 0.597. The Labute approximate surface area is 73.4 Å². The van der Waals surface area contributed by atoms with E-state index in [1.54, 1.807) is 0 Å². The highest BCUT2D eigenvalue weighted by molar-refractivity contribution is 9.10. The molecule has 0 fully saturated rings. The molecule has 0 spiro atoms. The molecule has 1 unspecified atom stereocenters. The largest absolute Gasteiger partial charge is 0.417 e. The summed E-state index contributed by atoms with van der Waals surface area (Å²) in [7, 11) is -1.39. The molecule has 0 amide bonds. The van der Waals surface area contributed by atoms with Crippen LogP contribution in [0, 0.1) is 0 Å². The van der Waals surface area contributed by atoms with E-state index in [0.29, 0.717) is 4.45 Å². The van der Waals surface area contributed by atoms with Crippen LogP contribution in [0.1, 0.15) is 20.3 Å². The fourth-order valence-electron chi connectivity index (χ4n) is 0.954. The summed E-state index contributed by atoms with van der Waals surface area (Å²) in [5.41, 5.74) is 0. The van der Waals surface area contributed by atoms with Gasteiger partial charge in [0.15, 0.2) is 8.32 Å². The second-order valence-electron chi connectivity index (χ2n) is 2.91. The zero-order chi connectivity index (χ0) is 8.20. The van der Waals surface area contributed by atoms with Gasteiger partial charge < -0.3 is 4.43 Å². The van der Waals surface area contributed by atoms with Crippen molar-refractivity contribution in [2.24, 2.45) is 0 Å². The minimum atomic E-state index is -1.39. The van der Waals surface area contributed by atoms with E-state index in [1.165, 1.54) is 6.42 Å². The van der Waals surface area contributed by atoms with Crippen LogP contribution < -0.4 is 0 Å². The quantitative estimate of drug-likeness (QED) is 0.528. The minimum Gasteiger partial charge on any atom is -0.417 e. The Balaban J connectivity index is 3.82. The van der Waals surface area contributed by atoms with Gasteiger partial charge in [0.2, 0.25) is 0 Å². The molecular weight excluding hydrogens is 208 g/mol. The van der Waals surface area contributed by atoms with Crippen molar-refractivity contribution >= 4 is 24.2 Å². The molecule has 0 bridgehead atoms. The summed E-state index contributed by atoms with van der Waals surface area (Å²) in [5, 5.41) is 0. The van der Waals surface area contributed by atoms with Gasteiger partial charge >= 0.3 is 0 Å². The van der Waals surface area contributed by atoms with Gasteiger partial charge in [-0.1, -0.05) is 22.9 Å². The van der Waals surface area contributed by atoms with Crippen LogP contribution in [0.4, 0.5) is 0 Å². The predicted octanol–water partition coefficient (Wildman–Crippen LogP) is 2.94. The normalized spacial score (nSPS) is 15.3. The average Bonchev–Trinajstić information content (AvgIpc) is 1.86. The summed E-state index contributed by atoms with van der Waals surface area (Å²) in [4.78, 5) is 0. The Hall–Kier alpha value is 0.657. The smallest absolute Gasteiger partial charge is 0.200 e. The van der Waals surface area contributed by atoms with E-state index in [4.69, 9.17) is 4.43 Å². The van der Waals surface area contributed by atoms with Gasteiger partial charge in [-0.05, 0) is 26.4 Å². The molecule has 0 aromatic rings. The number of hydrogen-bond acceptors (Lipinski definition) is 1. The van der Waals surface area contributed by atoms with Crippen molar-refractivity contribution in [3.63, 3.8) is 0 Å². The first-order chi connectivity index (χ1) is 4.54. The van der Waals surface area contributed by atoms with Crippen molar-refractivity contribution in [3.8, 4) is 0 Å². The van der Waals surface area contributed by atoms with Gasteiger partial charge in [0, 0.05) is 11.1 Å². The monoisotopic (exact) mass is 224 g/mol. The lowest BCUT2D eigenvalue weighted by Gasteiger charge is -2.26. The lowest BCUT2D eigenvalue weighted by atomic mass is 10.6. The van der Waals surface area contributed by atoms with E-state index in [2.05, 4.69) is 42.9 Å². The molecule has 3 heteroatoms. The summed E-state index contributed by atoms with van der Waals surface area (Å²) >= 11 is 3.64. The van der Waals surface area contributed by atoms with Gasteiger partial charge in [-0.25, -0.2) is 0 Å². The van der Waals surface area contributed by atoms with Crippen LogP contribution in [0.2, 0.25) is 13.1 Å². The molecule has 0 aliphatic rings. The molecule has 0 aliphatic carbocycles. The highest BCUT2D eigenvalue weighted by Gasteiger charge is 2.29. The fraction of sp³-hybridized carbons (Fsp3) is 1.00. The molecule has 0 saturated heterocycles. The predicted molar refractivity (Wildman–Crippen MR) is 52.1 cm³/mol. The van der Waals surface area contributed by atoms with Crippen LogP contribution in [0.3, 0.4) is 0 Å². The highest BCUT2D eigenvalue weighted by Crippen LogP contribution is 2.20. The fourth-order valence-corrected chi connectivity index (χ4v) is 3.26. The third-order valence-corrected chi connectivity index (χ3v) is 8.53. The van der Waals surface area contributed by atoms with Crippen molar-refractivity contribution in [2.45, 2.75) is 37.8 Å².